The average molecular weight is 910 g/mol. The normalized spacial score (nSPS) is 23.2. The Morgan fingerprint density at radius 1 is 0.833 bits per heavy atom. The number of anilines is 4. The van der Waals surface area contributed by atoms with Crippen LogP contribution in [0.25, 0.3) is 0 Å². The second-order valence-corrected chi connectivity index (χ2v) is 19.0. The largest absolute Gasteiger partial charge is 0.417 e. The molecular weight excluding hydrogens is 852 g/mol. The van der Waals surface area contributed by atoms with E-state index in [1.54, 1.807) is 11.0 Å². The first-order chi connectivity index (χ1) is 31.8. The van der Waals surface area contributed by atoms with Gasteiger partial charge >= 0.3 is 6.18 Å². The quantitative estimate of drug-likeness (QED) is 0.259. The number of alkyl halides is 3. The first kappa shape index (κ1) is 45.4. The second-order valence-electron chi connectivity index (χ2n) is 19.0. The number of nitrogens with zero attached hydrogens (tertiary/aromatic N) is 9. The molecule has 2 atom stereocenters. The molecule has 0 aliphatic carbocycles. The highest BCUT2D eigenvalue weighted by Crippen LogP contribution is 2.36. The number of hydrogen-bond donors (Lipinski definition) is 2. The number of carbonyl (C=O) groups excluding carboxylic acids is 4. The van der Waals surface area contributed by atoms with Gasteiger partial charge in [0.2, 0.25) is 17.7 Å². The minimum atomic E-state index is -4.62. The Kier molecular flexibility index (Phi) is 13.2. The number of fused-ring (bicyclic) bond motifs is 1. The van der Waals surface area contributed by atoms with Crippen molar-refractivity contribution in [2.75, 3.05) is 92.0 Å². The van der Waals surface area contributed by atoms with E-state index in [4.69, 9.17) is 10.2 Å². The number of nitrogens with one attached hydrogen (secondary N) is 2. The molecule has 6 aliphatic rings. The molecule has 5 saturated heterocycles. The van der Waals surface area contributed by atoms with Crippen molar-refractivity contribution in [2.45, 2.75) is 83.1 Å². The summed E-state index contributed by atoms with van der Waals surface area (Å²) >= 11 is 0. The van der Waals surface area contributed by atoms with Crippen molar-refractivity contribution >= 4 is 46.6 Å². The molecule has 0 bridgehead atoms. The topological polar surface area (TPSA) is 161 Å². The van der Waals surface area contributed by atoms with Crippen LogP contribution in [0.1, 0.15) is 85.5 Å². The molecule has 8 heterocycles. The monoisotopic (exact) mass is 909 g/mol. The maximum absolute atomic E-state index is 13.5. The molecule has 1 unspecified atom stereocenters. The van der Waals surface area contributed by atoms with Crippen LogP contribution in [-0.4, -0.2) is 132 Å². The molecule has 0 saturated carbocycles. The summed E-state index contributed by atoms with van der Waals surface area (Å²) in [6, 6.07) is 12.8. The summed E-state index contributed by atoms with van der Waals surface area (Å²) in [7, 11) is 0. The van der Waals surface area contributed by atoms with Crippen LogP contribution in [0.5, 0.6) is 0 Å². The first-order valence-corrected chi connectivity index (χ1v) is 23.5. The van der Waals surface area contributed by atoms with Gasteiger partial charge < -0.3 is 29.8 Å². The molecule has 1 aromatic carbocycles. The Balaban J connectivity index is 0.666. The second kappa shape index (κ2) is 19.2. The highest BCUT2D eigenvalue weighted by atomic mass is 19.4. The molecule has 350 valence electrons. The molecule has 2 aromatic heterocycles. The summed E-state index contributed by atoms with van der Waals surface area (Å²) in [5.74, 6) is 1.29. The molecule has 0 spiro atoms. The number of imide groups is 1. The van der Waals surface area contributed by atoms with Crippen molar-refractivity contribution in [3.8, 4) is 6.07 Å². The number of pyridine rings is 2. The third-order valence-corrected chi connectivity index (χ3v) is 14.8. The van der Waals surface area contributed by atoms with Crippen LogP contribution < -0.4 is 25.3 Å². The highest BCUT2D eigenvalue weighted by Gasteiger charge is 2.41. The molecule has 6 aliphatic heterocycles. The number of rotatable bonds is 10. The summed E-state index contributed by atoms with van der Waals surface area (Å²) in [5.41, 5.74) is 1.32. The Morgan fingerprint density at radius 2 is 1.52 bits per heavy atom. The summed E-state index contributed by atoms with van der Waals surface area (Å²) in [4.78, 5) is 73.2. The zero-order valence-corrected chi connectivity index (χ0v) is 37.4. The number of amides is 4. The lowest BCUT2D eigenvalue weighted by Crippen LogP contribution is -2.54. The number of piperidine rings is 4. The van der Waals surface area contributed by atoms with E-state index in [1.165, 1.54) is 12.1 Å². The summed E-state index contributed by atoms with van der Waals surface area (Å²) in [5, 5.41) is 14.4. The number of nitriles is 1. The van der Waals surface area contributed by atoms with Gasteiger partial charge in [0.15, 0.2) is 0 Å². The molecule has 18 heteroatoms. The number of carbonyl (C=O) groups is 4. The van der Waals surface area contributed by atoms with E-state index in [2.05, 4.69) is 42.1 Å². The molecule has 0 radical (unpaired) electrons. The van der Waals surface area contributed by atoms with Gasteiger partial charge in [0.05, 0.1) is 46.9 Å². The number of benzene rings is 1. The fourth-order valence-corrected chi connectivity index (χ4v) is 10.9. The first-order valence-electron chi connectivity index (χ1n) is 23.5. The van der Waals surface area contributed by atoms with Crippen molar-refractivity contribution in [3.05, 3.63) is 71.0 Å². The Morgan fingerprint density at radius 3 is 2.18 bits per heavy atom. The Bertz CT molecular complexity index is 2330. The fourth-order valence-electron chi connectivity index (χ4n) is 10.9. The van der Waals surface area contributed by atoms with Crippen molar-refractivity contribution in [1.29, 1.82) is 5.26 Å². The number of aromatic nitrogens is 2. The van der Waals surface area contributed by atoms with Crippen molar-refractivity contribution in [3.63, 3.8) is 0 Å². The highest BCUT2D eigenvalue weighted by molar-refractivity contribution is 6.05. The van der Waals surface area contributed by atoms with Crippen molar-refractivity contribution in [2.24, 2.45) is 17.8 Å². The summed E-state index contributed by atoms with van der Waals surface area (Å²) in [6.07, 6.45) is 3.15. The van der Waals surface area contributed by atoms with Gasteiger partial charge in [0, 0.05) is 96.1 Å². The van der Waals surface area contributed by atoms with Crippen LogP contribution >= 0.6 is 0 Å². The SMILES string of the molecule is C[C@@H]1CN(CC2CCN(c3ccc(NC(=O)C4CCN(c5ccc(C#N)c(C(F)(F)F)c5)CC4)nc3)CC2)CCN1CC1CCN(c2ccc3c(n2)CN(C2CCC(=O)NC2=O)C3=O)CC1. The number of hydrogen-bond acceptors (Lipinski definition) is 12. The molecule has 9 rings (SSSR count). The van der Waals surface area contributed by atoms with Crippen LogP contribution in [0.4, 0.5) is 36.2 Å². The third-order valence-electron chi connectivity index (χ3n) is 14.8. The molecule has 4 amide bonds. The maximum Gasteiger partial charge on any atom is 0.417 e. The average Bonchev–Trinajstić information content (AvgIpc) is 3.64. The lowest BCUT2D eigenvalue weighted by molar-refractivity contribution is -0.138. The molecule has 5 fully saturated rings. The van der Waals surface area contributed by atoms with Gasteiger partial charge in [-0.3, -0.25) is 29.4 Å². The van der Waals surface area contributed by atoms with E-state index in [1.807, 2.05) is 35.4 Å². The van der Waals surface area contributed by atoms with Gasteiger partial charge in [-0.1, -0.05) is 0 Å². The third kappa shape index (κ3) is 9.97. The summed E-state index contributed by atoms with van der Waals surface area (Å²) < 4.78 is 40.5. The van der Waals surface area contributed by atoms with Crippen LogP contribution in [0, 0.1) is 29.1 Å². The zero-order chi connectivity index (χ0) is 46.1. The lowest BCUT2D eigenvalue weighted by Gasteiger charge is -2.44. The van der Waals surface area contributed by atoms with Gasteiger partial charge in [0.25, 0.3) is 5.91 Å². The van der Waals surface area contributed by atoms with Gasteiger partial charge in [-0.05, 0) is 106 Å². The lowest BCUT2D eigenvalue weighted by atomic mass is 9.94. The van der Waals surface area contributed by atoms with E-state index in [0.29, 0.717) is 73.0 Å². The Hall–Kier alpha value is -5.80. The van der Waals surface area contributed by atoms with E-state index < -0.39 is 29.3 Å². The van der Waals surface area contributed by atoms with E-state index in [9.17, 15) is 32.3 Å². The van der Waals surface area contributed by atoms with Crippen LogP contribution in [0.15, 0.2) is 48.7 Å². The molecule has 2 N–H and O–H groups in total. The van der Waals surface area contributed by atoms with Gasteiger partial charge in [0.1, 0.15) is 17.7 Å². The van der Waals surface area contributed by atoms with Gasteiger partial charge in [-0.15, -0.1) is 0 Å². The molecule has 15 nitrogen and oxygen atoms in total. The van der Waals surface area contributed by atoms with Crippen LogP contribution in [-0.2, 0) is 27.1 Å². The Labute approximate surface area is 383 Å². The minimum absolute atomic E-state index is 0.141. The predicted molar refractivity (Wildman–Crippen MR) is 242 cm³/mol. The number of halogens is 3. The predicted octanol–water partition coefficient (Wildman–Crippen LogP) is 5.12. The zero-order valence-electron chi connectivity index (χ0n) is 37.4. The van der Waals surface area contributed by atoms with Crippen molar-refractivity contribution in [1.82, 2.24) is 30.0 Å². The fraction of sp³-hybridized carbons (Fsp3) is 0.562. The summed E-state index contributed by atoms with van der Waals surface area (Å²) in [6.45, 7) is 12.7. The standard InChI is InChI=1S/C48H58F3N11O4/c1-31-27-57(22-23-61(31)29-33-12-18-60(19-13-33)43-8-5-38-40(54-43)30-62(47(38)66)41-6-9-44(63)56-46(41)65)28-32-10-16-59(17-11-32)37-4-7-42(53-26-37)55-45(64)34-14-20-58(21-15-34)36-3-2-35(25-52)39(24-36)48(49,50)51/h2-5,7-8,24,26,31-34,41H,6,9-23,27-30H2,1H3,(H,53,55,64)(H,56,63,65)/t31-,41?/m1/s1. The molecular formula is C48H58F3N11O4. The van der Waals surface area contributed by atoms with Gasteiger partial charge in [-0.25, -0.2) is 9.97 Å². The number of piperazine rings is 1. The molecule has 66 heavy (non-hydrogen) atoms. The van der Waals surface area contributed by atoms with Crippen LogP contribution in [0.2, 0.25) is 0 Å². The maximum atomic E-state index is 13.5. The van der Waals surface area contributed by atoms with Gasteiger partial charge in [-0.2, -0.15) is 18.4 Å². The van der Waals surface area contributed by atoms with E-state index in [0.717, 1.165) is 102 Å². The minimum Gasteiger partial charge on any atom is -0.371 e. The van der Waals surface area contributed by atoms with E-state index in [-0.39, 0.29) is 36.6 Å². The van der Waals surface area contributed by atoms with Crippen molar-refractivity contribution < 1.29 is 32.3 Å². The smallest absolute Gasteiger partial charge is 0.371 e. The van der Waals surface area contributed by atoms with Crippen LogP contribution in [0.3, 0.4) is 0 Å². The van der Waals surface area contributed by atoms with E-state index >= 15 is 0 Å². The molecule has 3 aromatic rings.